The van der Waals surface area contributed by atoms with Gasteiger partial charge in [-0.1, -0.05) is 67.3 Å². The Kier molecular flexibility index (Phi) is 7.24. The van der Waals surface area contributed by atoms with E-state index in [1.54, 1.807) is 39.6 Å². The second-order valence-corrected chi connectivity index (χ2v) is 13.4. The Labute approximate surface area is 228 Å². The maximum absolute atomic E-state index is 14.5. The van der Waals surface area contributed by atoms with Gasteiger partial charge in [-0.05, 0) is 49.8 Å². The number of carboxylic acids is 1. The number of fused-ring (bicyclic) bond motifs is 1. The fourth-order valence-corrected chi connectivity index (χ4v) is 9.66. The number of benzene rings is 1. The van der Waals surface area contributed by atoms with Crippen LogP contribution < -0.4 is 0 Å². The molecule has 3 fully saturated rings. The van der Waals surface area contributed by atoms with E-state index in [0.717, 1.165) is 12.8 Å². The number of allylic oxidation sites excluding steroid dienone is 3. The number of carbonyl (C=O) groups excluding carboxylic acids is 1. The molecule has 1 aromatic rings. The molecule has 0 bridgehead atoms. The van der Waals surface area contributed by atoms with Gasteiger partial charge >= 0.3 is 5.97 Å². The zero-order chi connectivity index (χ0) is 26.5. The normalized spacial score (nSPS) is 33.8. The molecule has 2 aliphatic heterocycles. The van der Waals surface area contributed by atoms with Crippen molar-refractivity contribution in [2.45, 2.75) is 69.5 Å². The summed E-state index contributed by atoms with van der Waals surface area (Å²) in [5.41, 5.74) is -0.261. The van der Waals surface area contributed by atoms with Crippen LogP contribution in [0.4, 0.5) is 0 Å². The Morgan fingerprint density at radius 2 is 1.89 bits per heavy atom. The lowest BCUT2D eigenvalue weighted by Gasteiger charge is -2.59. The Morgan fingerprint density at radius 3 is 2.51 bits per heavy atom. The number of likely N-dealkylation sites (tertiary alicyclic amines) is 1. The van der Waals surface area contributed by atoms with Crippen LogP contribution in [0.15, 0.2) is 42.0 Å². The van der Waals surface area contributed by atoms with Crippen molar-refractivity contribution >= 4 is 45.1 Å². The Morgan fingerprint density at radius 1 is 1.16 bits per heavy atom. The third kappa shape index (κ3) is 4.24. The smallest absolute Gasteiger partial charge is 0.309 e. The summed E-state index contributed by atoms with van der Waals surface area (Å²) in [7, 11) is -3.44. The summed E-state index contributed by atoms with van der Waals surface area (Å²) < 4.78 is 27.6. The standard InChI is InChI=1S/C27H32Cl2N2O5S/c1-2-27(20-13-12-17(28)16-21(20)29)24(26(33)34)18-8-3-4-9-19(18)25(32)31(27)23-11-6-5-10-22(23)30-14-7-15-37(30,35)36/h3-4,9,12-13,16,18,22-24H,2,5-8,10-11,14-15H2,1H3,(H,33,34). The number of sulfonamides is 1. The molecule has 200 valence electrons. The summed E-state index contributed by atoms with van der Waals surface area (Å²) in [6.45, 7) is 2.31. The molecule has 2 saturated heterocycles. The van der Waals surface area contributed by atoms with E-state index in [0.29, 0.717) is 59.8 Å². The SMILES string of the molecule is CCC1(c2ccc(Cl)cc2Cl)C(C(=O)O)C2CC=CC=C2C(=O)N1C1CCCCC1N1CCCS1(=O)=O. The minimum absolute atomic E-state index is 0.0991. The quantitative estimate of drug-likeness (QED) is 0.541. The van der Waals surface area contributed by atoms with E-state index < -0.39 is 45.5 Å². The third-order valence-electron chi connectivity index (χ3n) is 8.75. The fraction of sp³-hybridized carbons (Fsp3) is 0.556. The second kappa shape index (κ2) is 10.0. The van der Waals surface area contributed by atoms with Crippen molar-refractivity contribution < 1.29 is 23.1 Å². The molecule has 37 heavy (non-hydrogen) atoms. The van der Waals surface area contributed by atoms with E-state index in [1.165, 1.54) is 0 Å². The molecule has 7 nitrogen and oxygen atoms in total. The molecule has 10 heteroatoms. The zero-order valence-electron chi connectivity index (χ0n) is 20.8. The van der Waals surface area contributed by atoms with Crippen LogP contribution in [0.1, 0.15) is 57.4 Å². The van der Waals surface area contributed by atoms with Crippen molar-refractivity contribution in [1.82, 2.24) is 9.21 Å². The molecule has 0 aromatic heterocycles. The number of carbonyl (C=O) groups is 2. The number of halogens is 2. The van der Waals surface area contributed by atoms with E-state index in [9.17, 15) is 23.1 Å². The minimum atomic E-state index is -3.44. The molecule has 4 aliphatic rings. The maximum atomic E-state index is 14.5. The van der Waals surface area contributed by atoms with E-state index in [-0.39, 0.29) is 11.7 Å². The number of piperidine rings is 1. The van der Waals surface area contributed by atoms with Gasteiger partial charge in [0.2, 0.25) is 10.0 Å². The molecule has 0 radical (unpaired) electrons. The summed E-state index contributed by atoms with van der Waals surface area (Å²) in [5.74, 6) is -2.62. The average Bonchev–Trinajstić information content (AvgIpc) is 3.22. The first-order chi connectivity index (χ1) is 17.6. The van der Waals surface area contributed by atoms with Gasteiger partial charge in [-0.15, -0.1) is 0 Å². The largest absolute Gasteiger partial charge is 0.481 e. The molecule has 0 spiro atoms. The molecule has 1 N–H and O–H groups in total. The lowest BCUT2D eigenvalue weighted by Crippen LogP contribution is -2.69. The summed E-state index contributed by atoms with van der Waals surface area (Å²) >= 11 is 13.0. The predicted octanol–water partition coefficient (Wildman–Crippen LogP) is 4.99. The van der Waals surface area contributed by atoms with Crippen LogP contribution in [-0.4, -0.2) is 59.0 Å². The van der Waals surface area contributed by atoms with Crippen molar-refractivity contribution in [2.24, 2.45) is 11.8 Å². The molecule has 5 unspecified atom stereocenters. The lowest BCUT2D eigenvalue weighted by molar-refractivity contribution is -0.168. The van der Waals surface area contributed by atoms with E-state index in [2.05, 4.69) is 0 Å². The van der Waals surface area contributed by atoms with Crippen molar-refractivity contribution in [3.63, 3.8) is 0 Å². The van der Waals surface area contributed by atoms with Crippen LogP contribution in [0.5, 0.6) is 0 Å². The molecule has 2 heterocycles. The van der Waals surface area contributed by atoms with Gasteiger partial charge < -0.3 is 10.0 Å². The predicted molar refractivity (Wildman–Crippen MR) is 143 cm³/mol. The van der Waals surface area contributed by atoms with Gasteiger partial charge in [0, 0.05) is 40.2 Å². The second-order valence-electron chi connectivity index (χ2n) is 10.5. The molecular weight excluding hydrogens is 535 g/mol. The van der Waals surface area contributed by atoms with E-state index >= 15 is 0 Å². The molecule has 2 aliphatic carbocycles. The highest BCUT2D eigenvalue weighted by Crippen LogP contribution is 2.55. The first-order valence-electron chi connectivity index (χ1n) is 13.0. The monoisotopic (exact) mass is 566 g/mol. The van der Waals surface area contributed by atoms with Crippen molar-refractivity contribution in [3.05, 3.63) is 57.6 Å². The number of aliphatic carboxylic acids is 1. The van der Waals surface area contributed by atoms with Crippen molar-refractivity contribution in [3.8, 4) is 0 Å². The van der Waals surface area contributed by atoms with Crippen LogP contribution >= 0.6 is 23.2 Å². The van der Waals surface area contributed by atoms with E-state index in [4.69, 9.17) is 23.2 Å². The van der Waals surface area contributed by atoms with Gasteiger partial charge in [0.15, 0.2) is 0 Å². The Hall–Kier alpha value is -1.87. The van der Waals surface area contributed by atoms with Crippen LogP contribution in [-0.2, 0) is 25.2 Å². The molecular formula is C27H32Cl2N2O5S. The number of hydrogen-bond donors (Lipinski definition) is 1. The minimum Gasteiger partial charge on any atom is -0.481 e. The molecule has 1 aromatic carbocycles. The number of amides is 1. The van der Waals surface area contributed by atoms with Gasteiger partial charge in [-0.3, -0.25) is 9.59 Å². The first-order valence-corrected chi connectivity index (χ1v) is 15.4. The number of carboxylic acid groups (broad SMARTS) is 1. The van der Waals surface area contributed by atoms with Crippen LogP contribution in [0, 0.1) is 11.8 Å². The van der Waals surface area contributed by atoms with Crippen LogP contribution in [0.25, 0.3) is 0 Å². The summed E-state index contributed by atoms with van der Waals surface area (Å²) in [6, 6.07) is 4.12. The maximum Gasteiger partial charge on any atom is 0.309 e. The van der Waals surface area contributed by atoms with Gasteiger partial charge in [-0.25, -0.2) is 8.42 Å². The fourth-order valence-electron chi connectivity index (χ4n) is 7.30. The van der Waals surface area contributed by atoms with Crippen molar-refractivity contribution in [1.29, 1.82) is 0 Å². The van der Waals surface area contributed by atoms with Crippen molar-refractivity contribution in [2.75, 3.05) is 12.3 Å². The van der Waals surface area contributed by atoms with Gasteiger partial charge in [0.1, 0.15) is 0 Å². The van der Waals surface area contributed by atoms with Crippen LogP contribution in [0.2, 0.25) is 10.0 Å². The topological polar surface area (TPSA) is 95.0 Å². The average molecular weight is 568 g/mol. The highest BCUT2D eigenvalue weighted by molar-refractivity contribution is 7.89. The summed E-state index contributed by atoms with van der Waals surface area (Å²) in [4.78, 5) is 29.4. The first kappa shape index (κ1) is 26.7. The van der Waals surface area contributed by atoms with Crippen LogP contribution in [0.3, 0.4) is 0 Å². The number of hydrogen-bond acceptors (Lipinski definition) is 4. The Bertz CT molecular complexity index is 1280. The molecule has 5 atom stereocenters. The molecule has 5 rings (SSSR count). The number of rotatable bonds is 5. The lowest BCUT2D eigenvalue weighted by atomic mass is 9.61. The summed E-state index contributed by atoms with van der Waals surface area (Å²) in [6.07, 6.45) is 9.63. The highest BCUT2D eigenvalue weighted by Gasteiger charge is 2.62. The molecule has 1 amide bonds. The van der Waals surface area contributed by atoms with E-state index in [1.807, 2.05) is 13.0 Å². The molecule has 1 saturated carbocycles. The van der Waals surface area contributed by atoms with Gasteiger partial charge in [0.05, 0.1) is 17.2 Å². The third-order valence-corrected chi connectivity index (χ3v) is 11.3. The zero-order valence-corrected chi connectivity index (χ0v) is 23.1. The summed E-state index contributed by atoms with van der Waals surface area (Å²) in [5, 5.41) is 11.5. The highest BCUT2D eigenvalue weighted by atomic mass is 35.5. The van der Waals surface area contributed by atoms with Gasteiger partial charge in [0.25, 0.3) is 5.91 Å². The van der Waals surface area contributed by atoms with Gasteiger partial charge in [-0.2, -0.15) is 4.31 Å². The Balaban J connectivity index is 1.76. The number of nitrogens with zero attached hydrogens (tertiary/aromatic N) is 2.